The SMILES string of the molecule is NC(=O)c1nnc(N2CCCC(N3CCN(C(F)C(F)F)C3=O)C2)nc1Nc1ccc(C2CCNCC2)cc1. The number of piperidine rings is 2. The predicted molar refractivity (Wildman–Crippen MR) is 138 cm³/mol. The summed E-state index contributed by atoms with van der Waals surface area (Å²) in [5.74, 6) is 0.110. The molecule has 210 valence electrons. The molecular formula is C25H32F3N9O2. The molecule has 0 spiro atoms. The maximum Gasteiger partial charge on any atom is 0.322 e. The standard InChI is InChI=1S/C25H32F3N9O2/c26-20(27)21(28)37-13-12-36(25(37)39)18-2-1-11-35(14-18)24-32-23(19(22(29)38)33-34-24)31-17-5-3-15(4-6-17)16-7-9-30-10-8-16/h3-6,16,18,20-21,30H,1-2,7-14H2,(H2,29,38)(H,31,32,34). The molecular weight excluding hydrogens is 515 g/mol. The van der Waals surface area contributed by atoms with Crippen LogP contribution in [0.25, 0.3) is 0 Å². The summed E-state index contributed by atoms with van der Waals surface area (Å²) in [6.45, 7) is 2.92. The highest BCUT2D eigenvalue weighted by Gasteiger charge is 2.42. The summed E-state index contributed by atoms with van der Waals surface area (Å²) in [6, 6.07) is 6.87. The average Bonchev–Trinajstić information content (AvgIpc) is 3.34. The molecule has 2 unspecified atom stereocenters. The Labute approximate surface area is 223 Å². The van der Waals surface area contributed by atoms with Crippen molar-refractivity contribution in [3.63, 3.8) is 0 Å². The summed E-state index contributed by atoms with van der Waals surface area (Å²) in [5, 5.41) is 14.6. The maximum atomic E-state index is 13.8. The molecule has 4 heterocycles. The van der Waals surface area contributed by atoms with Crippen LogP contribution in [0, 0.1) is 0 Å². The molecule has 3 aliphatic rings. The van der Waals surface area contributed by atoms with Gasteiger partial charge in [0.15, 0.2) is 11.5 Å². The number of anilines is 3. The van der Waals surface area contributed by atoms with Crippen LogP contribution in [0.1, 0.15) is 47.7 Å². The van der Waals surface area contributed by atoms with Crippen molar-refractivity contribution in [3.8, 4) is 0 Å². The molecule has 39 heavy (non-hydrogen) atoms. The molecule has 4 N–H and O–H groups in total. The Bertz CT molecular complexity index is 1180. The van der Waals surface area contributed by atoms with Crippen LogP contribution in [-0.4, -0.2) is 95.0 Å². The van der Waals surface area contributed by atoms with Gasteiger partial charge in [-0.25, -0.2) is 18.0 Å². The van der Waals surface area contributed by atoms with E-state index in [1.54, 1.807) is 0 Å². The molecule has 0 bridgehead atoms. The topological polar surface area (TPSA) is 133 Å². The zero-order valence-electron chi connectivity index (χ0n) is 21.4. The zero-order chi connectivity index (χ0) is 27.5. The van der Waals surface area contributed by atoms with E-state index in [1.165, 1.54) is 10.5 Å². The minimum absolute atomic E-state index is 0.100. The van der Waals surface area contributed by atoms with Gasteiger partial charge >= 0.3 is 6.03 Å². The molecule has 1 aromatic heterocycles. The van der Waals surface area contributed by atoms with E-state index < -0.39 is 24.7 Å². The Kier molecular flexibility index (Phi) is 8.00. The molecule has 3 amide bonds. The lowest BCUT2D eigenvalue weighted by Gasteiger charge is -2.37. The van der Waals surface area contributed by atoms with Crippen LogP contribution in [0.15, 0.2) is 24.3 Å². The Morgan fingerprint density at radius 1 is 1.05 bits per heavy atom. The van der Waals surface area contributed by atoms with Crippen molar-refractivity contribution in [1.82, 2.24) is 30.3 Å². The molecule has 0 saturated carbocycles. The van der Waals surface area contributed by atoms with Gasteiger partial charge in [0.1, 0.15) is 0 Å². The molecule has 0 aliphatic carbocycles. The first kappa shape index (κ1) is 26.9. The summed E-state index contributed by atoms with van der Waals surface area (Å²) in [7, 11) is 0. The Morgan fingerprint density at radius 2 is 1.79 bits per heavy atom. The second-order valence-corrected chi connectivity index (χ2v) is 10.1. The lowest BCUT2D eigenvalue weighted by Crippen LogP contribution is -2.51. The zero-order valence-corrected chi connectivity index (χ0v) is 21.4. The van der Waals surface area contributed by atoms with Gasteiger partial charge in [0.05, 0.1) is 6.04 Å². The van der Waals surface area contributed by atoms with Gasteiger partial charge in [-0.2, -0.15) is 4.98 Å². The number of rotatable bonds is 8. The van der Waals surface area contributed by atoms with Crippen molar-refractivity contribution in [2.24, 2.45) is 5.73 Å². The van der Waals surface area contributed by atoms with E-state index in [1.807, 2.05) is 17.0 Å². The third kappa shape index (κ3) is 5.84. The predicted octanol–water partition coefficient (Wildman–Crippen LogP) is 2.45. The molecule has 2 atom stereocenters. The molecule has 0 radical (unpaired) electrons. The largest absolute Gasteiger partial charge is 0.364 e. The molecule has 14 heteroatoms. The van der Waals surface area contributed by atoms with Gasteiger partial charge in [0.2, 0.25) is 12.2 Å². The fraction of sp³-hybridized carbons (Fsp3) is 0.560. The van der Waals surface area contributed by atoms with Crippen molar-refractivity contribution in [2.75, 3.05) is 49.5 Å². The molecule has 3 saturated heterocycles. The van der Waals surface area contributed by atoms with Gasteiger partial charge in [0, 0.05) is 31.9 Å². The molecule has 3 fully saturated rings. The van der Waals surface area contributed by atoms with Crippen LogP contribution in [0.3, 0.4) is 0 Å². The molecule has 11 nitrogen and oxygen atoms in total. The first-order chi connectivity index (χ1) is 18.8. The first-order valence-electron chi connectivity index (χ1n) is 13.2. The van der Waals surface area contributed by atoms with Crippen LogP contribution < -0.4 is 21.3 Å². The fourth-order valence-electron chi connectivity index (χ4n) is 5.50. The number of alkyl halides is 3. The van der Waals surface area contributed by atoms with E-state index in [2.05, 4.69) is 37.9 Å². The number of benzene rings is 1. The van der Waals surface area contributed by atoms with Crippen molar-refractivity contribution in [2.45, 2.75) is 50.4 Å². The van der Waals surface area contributed by atoms with Gasteiger partial charge in [-0.05, 0) is 62.4 Å². The number of hydrogen-bond donors (Lipinski definition) is 3. The summed E-state index contributed by atoms with van der Waals surface area (Å²) in [6.07, 6.45) is -2.43. The number of carbonyl (C=O) groups excluding carboxylic acids is 2. The van der Waals surface area contributed by atoms with Crippen molar-refractivity contribution < 1.29 is 22.8 Å². The molecule has 5 rings (SSSR count). The highest BCUT2D eigenvalue weighted by atomic mass is 19.3. The number of amides is 3. The van der Waals surface area contributed by atoms with E-state index in [0.717, 1.165) is 25.9 Å². The van der Waals surface area contributed by atoms with E-state index in [4.69, 9.17) is 5.73 Å². The average molecular weight is 548 g/mol. The summed E-state index contributed by atoms with van der Waals surface area (Å²) < 4.78 is 39.5. The smallest absolute Gasteiger partial charge is 0.322 e. The third-order valence-electron chi connectivity index (χ3n) is 7.59. The number of nitrogens with two attached hydrogens (primary N) is 1. The monoisotopic (exact) mass is 547 g/mol. The van der Waals surface area contributed by atoms with Gasteiger partial charge < -0.3 is 26.2 Å². The summed E-state index contributed by atoms with van der Waals surface area (Å²) in [5.41, 5.74) is 7.37. The highest BCUT2D eigenvalue weighted by Crippen LogP contribution is 2.29. The van der Waals surface area contributed by atoms with E-state index in [9.17, 15) is 22.8 Å². The molecule has 1 aromatic carbocycles. The van der Waals surface area contributed by atoms with Gasteiger partial charge in [-0.3, -0.25) is 9.69 Å². The Morgan fingerprint density at radius 3 is 2.49 bits per heavy atom. The second-order valence-electron chi connectivity index (χ2n) is 10.1. The quantitative estimate of drug-likeness (QED) is 0.430. The normalized spacial score (nSPS) is 21.5. The van der Waals surface area contributed by atoms with Crippen molar-refractivity contribution in [3.05, 3.63) is 35.5 Å². The lowest BCUT2D eigenvalue weighted by atomic mass is 9.90. The van der Waals surface area contributed by atoms with Crippen LogP contribution >= 0.6 is 0 Å². The molecule has 2 aromatic rings. The van der Waals surface area contributed by atoms with Crippen molar-refractivity contribution >= 4 is 29.4 Å². The Balaban J connectivity index is 1.30. The third-order valence-corrected chi connectivity index (χ3v) is 7.59. The Hall–Kier alpha value is -3.68. The van der Waals surface area contributed by atoms with Gasteiger partial charge in [-0.15, -0.1) is 10.2 Å². The van der Waals surface area contributed by atoms with Crippen LogP contribution in [0.5, 0.6) is 0 Å². The van der Waals surface area contributed by atoms with Gasteiger partial charge in [-0.1, -0.05) is 12.1 Å². The number of nitrogens with zero attached hydrogens (tertiary/aromatic N) is 6. The first-order valence-corrected chi connectivity index (χ1v) is 13.2. The number of aromatic nitrogens is 3. The fourth-order valence-corrected chi connectivity index (χ4v) is 5.50. The number of carbonyl (C=O) groups is 2. The highest BCUT2D eigenvalue weighted by molar-refractivity contribution is 5.96. The minimum atomic E-state index is -3.26. The molecule has 3 aliphatic heterocycles. The number of primary amides is 1. The number of halogens is 3. The lowest BCUT2D eigenvalue weighted by molar-refractivity contribution is -0.0226. The van der Waals surface area contributed by atoms with Crippen LogP contribution in [0.2, 0.25) is 0 Å². The van der Waals surface area contributed by atoms with E-state index >= 15 is 0 Å². The van der Waals surface area contributed by atoms with E-state index in [-0.39, 0.29) is 36.6 Å². The van der Waals surface area contributed by atoms with Gasteiger partial charge in [0.25, 0.3) is 12.3 Å². The van der Waals surface area contributed by atoms with Crippen molar-refractivity contribution in [1.29, 1.82) is 0 Å². The summed E-state index contributed by atoms with van der Waals surface area (Å²) >= 11 is 0. The number of urea groups is 1. The second kappa shape index (κ2) is 11.6. The summed E-state index contributed by atoms with van der Waals surface area (Å²) in [4.78, 5) is 33.0. The van der Waals surface area contributed by atoms with Crippen LogP contribution in [0.4, 0.5) is 35.4 Å². The number of hydrogen-bond acceptors (Lipinski definition) is 8. The van der Waals surface area contributed by atoms with E-state index in [0.29, 0.717) is 42.4 Å². The maximum absolute atomic E-state index is 13.8. The van der Waals surface area contributed by atoms with Crippen LogP contribution in [-0.2, 0) is 0 Å². The number of nitrogens with one attached hydrogen (secondary N) is 2. The minimum Gasteiger partial charge on any atom is -0.364 e.